The van der Waals surface area contributed by atoms with Crippen molar-refractivity contribution in [2.24, 2.45) is 0 Å². The molecule has 0 saturated carbocycles. The second kappa shape index (κ2) is 8.76. The summed E-state index contributed by atoms with van der Waals surface area (Å²) < 4.78 is 0. The molecule has 2 rings (SSSR count). The van der Waals surface area contributed by atoms with Crippen molar-refractivity contribution in [2.45, 2.75) is 47.0 Å². The van der Waals surface area contributed by atoms with Gasteiger partial charge in [-0.1, -0.05) is 50.6 Å². The summed E-state index contributed by atoms with van der Waals surface area (Å²) in [5.41, 5.74) is 4.69. The molecule has 2 heteroatoms. The lowest BCUT2D eigenvalue weighted by Crippen LogP contribution is -1.96. The highest BCUT2D eigenvalue weighted by atomic mass is 35.5. The summed E-state index contributed by atoms with van der Waals surface area (Å²) in [5.74, 6) is 0. The molecule has 0 spiro atoms. The average Bonchev–Trinajstić information content (AvgIpc) is 2.48. The number of halogens is 1. The predicted molar refractivity (Wildman–Crippen MR) is 88.6 cm³/mol. The topological polar surface area (TPSA) is 12.9 Å². The van der Waals surface area contributed by atoms with Crippen LogP contribution in [0, 0.1) is 6.92 Å². The van der Waals surface area contributed by atoms with Crippen LogP contribution in [0.25, 0.3) is 0 Å². The van der Waals surface area contributed by atoms with E-state index in [1.807, 2.05) is 26.8 Å². The van der Waals surface area contributed by atoms with Crippen LogP contribution in [0.15, 0.2) is 36.4 Å². The highest BCUT2D eigenvalue weighted by Crippen LogP contribution is 2.20. The molecule has 0 N–H and O–H groups in total. The van der Waals surface area contributed by atoms with Gasteiger partial charge in [-0.15, -0.1) is 0 Å². The maximum absolute atomic E-state index is 6.29. The molecule has 1 heterocycles. The molecule has 1 aromatic heterocycles. The van der Waals surface area contributed by atoms with Crippen molar-refractivity contribution in [1.29, 1.82) is 0 Å². The van der Waals surface area contributed by atoms with Crippen LogP contribution in [0.1, 0.15) is 43.3 Å². The monoisotopic (exact) mass is 289 g/mol. The van der Waals surface area contributed by atoms with Crippen molar-refractivity contribution in [3.05, 3.63) is 63.9 Å². The fourth-order valence-corrected chi connectivity index (χ4v) is 2.31. The molecule has 0 saturated heterocycles. The van der Waals surface area contributed by atoms with Gasteiger partial charge >= 0.3 is 0 Å². The van der Waals surface area contributed by atoms with E-state index in [1.54, 1.807) is 0 Å². The van der Waals surface area contributed by atoms with Crippen LogP contribution in [-0.2, 0) is 19.3 Å². The minimum absolute atomic E-state index is 0.877. The summed E-state index contributed by atoms with van der Waals surface area (Å²) in [6, 6.07) is 12.5. The predicted octanol–water partition coefficient (Wildman–Crippen LogP) is 5.42. The van der Waals surface area contributed by atoms with Gasteiger partial charge in [0.05, 0.1) is 0 Å². The lowest BCUT2D eigenvalue weighted by Gasteiger charge is -2.06. The summed E-state index contributed by atoms with van der Waals surface area (Å²) in [5, 5.41) is 0.877. The summed E-state index contributed by atoms with van der Waals surface area (Å²) in [4.78, 5) is 4.51. The normalized spacial score (nSPS) is 9.85. The van der Waals surface area contributed by atoms with Gasteiger partial charge in [0.15, 0.2) is 0 Å². The maximum atomic E-state index is 6.29. The van der Waals surface area contributed by atoms with Crippen molar-refractivity contribution in [3.63, 3.8) is 0 Å². The summed E-state index contributed by atoms with van der Waals surface area (Å²) in [7, 11) is 0. The van der Waals surface area contributed by atoms with Crippen molar-refractivity contribution in [3.8, 4) is 0 Å². The number of aromatic nitrogens is 1. The van der Waals surface area contributed by atoms with E-state index >= 15 is 0 Å². The Kier molecular flexibility index (Phi) is 7.32. The van der Waals surface area contributed by atoms with Crippen molar-refractivity contribution in [1.82, 2.24) is 4.98 Å². The van der Waals surface area contributed by atoms with E-state index < -0.39 is 0 Å². The molecular formula is C18H24ClN. The molecule has 20 heavy (non-hydrogen) atoms. The number of pyridine rings is 1. The molecule has 108 valence electrons. The van der Waals surface area contributed by atoms with E-state index in [0.29, 0.717) is 0 Å². The zero-order valence-corrected chi connectivity index (χ0v) is 13.7. The van der Waals surface area contributed by atoms with Crippen molar-refractivity contribution >= 4 is 11.6 Å². The zero-order chi connectivity index (χ0) is 15.0. The Morgan fingerprint density at radius 1 is 1.05 bits per heavy atom. The number of aryl methyl sites for hydroxylation is 4. The summed E-state index contributed by atoms with van der Waals surface area (Å²) >= 11 is 6.29. The Bertz CT molecular complexity index is 535. The molecule has 0 aliphatic rings. The maximum Gasteiger partial charge on any atom is 0.0440 e. The van der Waals surface area contributed by atoms with Gasteiger partial charge in [-0.05, 0) is 55.5 Å². The molecule has 0 amide bonds. The van der Waals surface area contributed by atoms with E-state index in [0.717, 1.165) is 35.7 Å². The Morgan fingerprint density at radius 3 is 2.40 bits per heavy atom. The summed E-state index contributed by atoms with van der Waals surface area (Å²) in [6.45, 7) is 8.16. The van der Waals surface area contributed by atoms with Crippen LogP contribution < -0.4 is 0 Å². The highest BCUT2D eigenvalue weighted by Gasteiger charge is 2.03. The minimum Gasteiger partial charge on any atom is -0.258 e. The van der Waals surface area contributed by atoms with Gasteiger partial charge < -0.3 is 0 Å². The van der Waals surface area contributed by atoms with Crippen LogP contribution in [-0.4, -0.2) is 4.98 Å². The molecule has 0 aliphatic heterocycles. The van der Waals surface area contributed by atoms with Crippen LogP contribution >= 0.6 is 11.6 Å². The minimum atomic E-state index is 0.877. The third-order valence-corrected chi connectivity index (χ3v) is 3.47. The number of rotatable bonds is 4. The van der Waals surface area contributed by atoms with E-state index in [-0.39, 0.29) is 0 Å². The molecule has 0 fully saturated rings. The van der Waals surface area contributed by atoms with Gasteiger partial charge in [-0.25, -0.2) is 0 Å². The Hall–Kier alpha value is -1.34. The molecule has 1 aromatic carbocycles. The van der Waals surface area contributed by atoms with E-state index in [1.165, 1.54) is 11.1 Å². The first-order valence-electron chi connectivity index (χ1n) is 7.39. The second-order valence-electron chi connectivity index (χ2n) is 4.55. The van der Waals surface area contributed by atoms with Gasteiger partial charge in [-0.2, -0.15) is 0 Å². The van der Waals surface area contributed by atoms with Crippen molar-refractivity contribution in [2.75, 3.05) is 0 Å². The Labute approximate surface area is 128 Å². The Balaban J connectivity index is 0.000000956. The van der Waals surface area contributed by atoms with E-state index in [2.05, 4.69) is 42.2 Å². The molecule has 0 radical (unpaired) electrons. The highest BCUT2D eigenvalue weighted by molar-refractivity contribution is 6.31. The number of hydrogen-bond donors (Lipinski definition) is 0. The molecule has 0 bridgehead atoms. The standard InChI is InChI=1S/C16H18ClN.C2H6/c1-3-13-7-8-14(16(17)11-13)9-10-15-6-4-5-12(2)18-15;1-2/h4-8,11H,3,9-10H2,1-2H3;1-2H3. The van der Waals surface area contributed by atoms with E-state index in [9.17, 15) is 0 Å². The largest absolute Gasteiger partial charge is 0.258 e. The van der Waals surface area contributed by atoms with Gasteiger partial charge in [0.25, 0.3) is 0 Å². The van der Waals surface area contributed by atoms with Crippen LogP contribution in [0.5, 0.6) is 0 Å². The SMILES string of the molecule is CC.CCc1ccc(CCc2cccc(C)n2)c(Cl)c1. The molecule has 0 aliphatic carbocycles. The number of hydrogen-bond acceptors (Lipinski definition) is 1. The van der Waals surface area contributed by atoms with Crippen molar-refractivity contribution < 1.29 is 0 Å². The van der Waals surface area contributed by atoms with E-state index in [4.69, 9.17) is 11.6 Å². The zero-order valence-electron chi connectivity index (χ0n) is 12.9. The lowest BCUT2D eigenvalue weighted by atomic mass is 10.0. The molecule has 0 unspecified atom stereocenters. The second-order valence-corrected chi connectivity index (χ2v) is 4.96. The first kappa shape index (κ1) is 16.7. The molecule has 1 nitrogen and oxygen atoms in total. The number of nitrogens with zero attached hydrogens (tertiary/aromatic N) is 1. The first-order chi connectivity index (χ1) is 9.69. The smallest absolute Gasteiger partial charge is 0.0440 e. The molecule has 0 atom stereocenters. The quantitative estimate of drug-likeness (QED) is 0.732. The van der Waals surface area contributed by atoms with Gasteiger partial charge in [0.2, 0.25) is 0 Å². The molecule has 2 aromatic rings. The molecular weight excluding hydrogens is 266 g/mol. The van der Waals surface area contributed by atoms with Gasteiger partial charge in [-0.3, -0.25) is 4.98 Å². The third kappa shape index (κ3) is 4.97. The summed E-state index contributed by atoms with van der Waals surface area (Å²) in [6.07, 6.45) is 2.91. The average molecular weight is 290 g/mol. The fraction of sp³-hybridized carbons (Fsp3) is 0.389. The first-order valence-corrected chi connectivity index (χ1v) is 7.76. The van der Waals surface area contributed by atoms with Crippen LogP contribution in [0.4, 0.5) is 0 Å². The number of benzene rings is 1. The lowest BCUT2D eigenvalue weighted by molar-refractivity contribution is 0.902. The van der Waals surface area contributed by atoms with Crippen LogP contribution in [0.3, 0.4) is 0 Å². The Morgan fingerprint density at radius 2 is 1.80 bits per heavy atom. The fourth-order valence-electron chi connectivity index (χ4n) is 2.01. The van der Waals surface area contributed by atoms with Gasteiger partial charge in [0.1, 0.15) is 0 Å². The van der Waals surface area contributed by atoms with Crippen LogP contribution in [0.2, 0.25) is 5.02 Å². The third-order valence-electron chi connectivity index (χ3n) is 3.12. The van der Waals surface area contributed by atoms with Gasteiger partial charge in [0, 0.05) is 16.4 Å².